The zero-order valence-electron chi connectivity index (χ0n) is 8.08. The van der Waals surface area contributed by atoms with Gasteiger partial charge in [-0.3, -0.25) is 0 Å². The van der Waals surface area contributed by atoms with Crippen molar-refractivity contribution in [2.75, 3.05) is 6.61 Å². The summed E-state index contributed by atoms with van der Waals surface area (Å²) >= 11 is 0. The molecule has 78 valence electrons. The molecule has 0 atom stereocenters. The van der Waals surface area contributed by atoms with Crippen LogP contribution < -0.4 is 0 Å². The highest BCUT2D eigenvalue weighted by Gasteiger charge is 2.13. The van der Waals surface area contributed by atoms with E-state index < -0.39 is 5.97 Å². The van der Waals surface area contributed by atoms with E-state index in [1.54, 1.807) is 25.4 Å². The van der Waals surface area contributed by atoms with Gasteiger partial charge in [0.15, 0.2) is 5.69 Å². The SMILES string of the molecule is CCOC(=O)c1coc(-n2cccn2)n1. The van der Waals surface area contributed by atoms with Crippen LogP contribution in [0.4, 0.5) is 0 Å². The molecule has 6 heteroatoms. The summed E-state index contributed by atoms with van der Waals surface area (Å²) in [6.45, 7) is 2.04. The van der Waals surface area contributed by atoms with E-state index >= 15 is 0 Å². The number of oxazole rings is 1. The van der Waals surface area contributed by atoms with Gasteiger partial charge < -0.3 is 9.15 Å². The largest absolute Gasteiger partial charge is 0.461 e. The third kappa shape index (κ3) is 1.88. The molecule has 0 aliphatic carbocycles. The molecule has 0 N–H and O–H groups in total. The van der Waals surface area contributed by atoms with Gasteiger partial charge in [-0.2, -0.15) is 14.8 Å². The molecule has 2 heterocycles. The summed E-state index contributed by atoms with van der Waals surface area (Å²) in [5.74, 6) is -0.500. The van der Waals surface area contributed by atoms with Crippen molar-refractivity contribution in [3.63, 3.8) is 0 Å². The first kappa shape index (κ1) is 9.45. The number of hydrogen-bond acceptors (Lipinski definition) is 5. The zero-order chi connectivity index (χ0) is 10.7. The van der Waals surface area contributed by atoms with E-state index in [1.807, 2.05) is 0 Å². The Kier molecular flexibility index (Phi) is 2.49. The molecule has 0 aliphatic rings. The first-order chi connectivity index (χ1) is 7.31. The zero-order valence-corrected chi connectivity index (χ0v) is 8.08. The van der Waals surface area contributed by atoms with Crippen molar-refractivity contribution in [3.8, 4) is 6.01 Å². The topological polar surface area (TPSA) is 70.2 Å². The maximum atomic E-state index is 11.3. The third-order valence-corrected chi connectivity index (χ3v) is 1.68. The van der Waals surface area contributed by atoms with Crippen LogP contribution in [0.15, 0.2) is 29.1 Å². The summed E-state index contributed by atoms with van der Waals surface area (Å²) in [6, 6.07) is 1.97. The highest BCUT2D eigenvalue weighted by Crippen LogP contribution is 2.07. The van der Waals surface area contributed by atoms with Crippen molar-refractivity contribution < 1.29 is 13.9 Å². The Morgan fingerprint density at radius 1 is 1.67 bits per heavy atom. The van der Waals surface area contributed by atoms with Gasteiger partial charge in [0.05, 0.1) is 6.61 Å². The second-order valence-corrected chi connectivity index (χ2v) is 2.69. The van der Waals surface area contributed by atoms with E-state index in [9.17, 15) is 4.79 Å². The molecule has 0 unspecified atom stereocenters. The van der Waals surface area contributed by atoms with Crippen molar-refractivity contribution in [1.82, 2.24) is 14.8 Å². The van der Waals surface area contributed by atoms with E-state index in [0.717, 1.165) is 0 Å². The predicted molar refractivity (Wildman–Crippen MR) is 49.6 cm³/mol. The lowest BCUT2D eigenvalue weighted by Gasteiger charge is -1.94. The molecule has 2 aromatic rings. The normalized spacial score (nSPS) is 10.2. The molecule has 0 saturated heterocycles. The Balaban J connectivity index is 2.21. The van der Waals surface area contributed by atoms with Crippen LogP contribution in [0.3, 0.4) is 0 Å². The molecular formula is C9H9N3O3. The highest BCUT2D eigenvalue weighted by molar-refractivity contribution is 5.86. The predicted octanol–water partition coefficient (Wildman–Crippen LogP) is 1.04. The van der Waals surface area contributed by atoms with Crippen LogP contribution in [0.2, 0.25) is 0 Å². The Labute approximate surface area is 85.5 Å². The van der Waals surface area contributed by atoms with Gasteiger partial charge in [0, 0.05) is 12.4 Å². The minimum Gasteiger partial charge on any atom is -0.461 e. The van der Waals surface area contributed by atoms with Gasteiger partial charge >= 0.3 is 12.0 Å². The molecule has 0 radical (unpaired) electrons. The van der Waals surface area contributed by atoms with Gasteiger partial charge in [-0.05, 0) is 13.0 Å². The quantitative estimate of drug-likeness (QED) is 0.703. The lowest BCUT2D eigenvalue weighted by molar-refractivity contribution is 0.0519. The lowest BCUT2D eigenvalue weighted by atomic mass is 10.5. The van der Waals surface area contributed by atoms with Crippen LogP contribution in [0.5, 0.6) is 0 Å². The summed E-state index contributed by atoms with van der Waals surface area (Å²) in [6.07, 6.45) is 4.50. The number of carbonyl (C=O) groups excluding carboxylic acids is 1. The van der Waals surface area contributed by atoms with Crippen LogP contribution in [0.25, 0.3) is 6.01 Å². The Bertz CT molecular complexity index is 447. The second kappa shape index (κ2) is 3.95. The third-order valence-electron chi connectivity index (χ3n) is 1.68. The average molecular weight is 207 g/mol. The molecule has 0 spiro atoms. The molecule has 0 amide bonds. The van der Waals surface area contributed by atoms with Gasteiger partial charge in [-0.25, -0.2) is 4.79 Å². The minimum atomic E-state index is -0.500. The highest BCUT2D eigenvalue weighted by atomic mass is 16.5. The molecule has 2 rings (SSSR count). The number of nitrogens with zero attached hydrogens (tertiary/aromatic N) is 3. The molecule has 0 aromatic carbocycles. The van der Waals surface area contributed by atoms with E-state index in [1.165, 1.54) is 10.9 Å². The van der Waals surface area contributed by atoms with Crippen molar-refractivity contribution >= 4 is 5.97 Å². The fourth-order valence-corrected chi connectivity index (χ4v) is 1.05. The standard InChI is InChI=1S/C9H9N3O3/c1-2-14-8(13)7-6-15-9(11-7)12-5-3-4-10-12/h3-6H,2H2,1H3. The van der Waals surface area contributed by atoms with Crippen molar-refractivity contribution in [3.05, 3.63) is 30.4 Å². The van der Waals surface area contributed by atoms with Crippen molar-refractivity contribution in [1.29, 1.82) is 0 Å². The van der Waals surface area contributed by atoms with E-state index in [2.05, 4.69) is 10.1 Å². The van der Waals surface area contributed by atoms with E-state index in [-0.39, 0.29) is 11.7 Å². The molecule has 6 nitrogen and oxygen atoms in total. The summed E-state index contributed by atoms with van der Waals surface area (Å²) in [4.78, 5) is 15.2. The summed E-state index contributed by atoms with van der Waals surface area (Å²) in [7, 11) is 0. The fourth-order valence-electron chi connectivity index (χ4n) is 1.05. The van der Waals surface area contributed by atoms with Crippen LogP contribution in [0.1, 0.15) is 17.4 Å². The molecule has 2 aromatic heterocycles. The van der Waals surface area contributed by atoms with Crippen molar-refractivity contribution in [2.24, 2.45) is 0 Å². The number of hydrogen-bond donors (Lipinski definition) is 0. The lowest BCUT2D eigenvalue weighted by Crippen LogP contribution is -2.05. The smallest absolute Gasteiger partial charge is 0.360 e. The van der Waals surface area contributed by atoms with Gasteiger partial charge in [-0.15, -0.1) is 0 Å². The number of ether oxygens (including phenoxy) is 1. The van der Waals surface area contributed by atoms with Gasteiger partial charge in [0.25, 0.3) is 0 Å². The van der Waals surface area contributed by atoms with Gasteiger partial charge in [0.1, 0.15) is 6.26 Å². The number of esters is 1. The fraction of sp³-hybridized carbons (Fsp3) is 0.222. The maximum Gasteiger partial charge on any atom is 0.360 e. The molecule has 15 heavy (non-hydrogen) atoms. The summed E-state index contributed by atoms with van der Waals surface area (Å²) in [5, 5.41) is 3.91. The Hall–Kier alpha value is -2.11. The average Bonchev–Trinajstić information content (AvgIpc) is 2.89. The van der Waals surface area contributed by atoms with Crippen LogP contribution in [-0.4, -0.2) is 27.3 Å². The minimum absolute atomic E-state index is 0.141. The molecule has 0 fully saturated rings. The first-order valence-corrected chi connectivity index (χ1v) is 4.44. The molecule has 0 aliphatic heterocycles. The van der Waals surface area contributed by atoms with Gasteiger partial charge in [0.2, 0.25) is 0 Å². The number of carbonyl (C=O) groups is 1. The maximum absolute atomic E-state index is 11.3. The Morgan fingerprint density at radius 2 is 2.53 bits per heavy atom. The summed E-state index contributed by atoms with van der Waals surface area (Å²) < 4.78 is 11.3. The summed E-state index contributed by atoms with van der Waals surface area (Å²) in [5.41, 5.74) is 0.141. The first-order valence-electron chi connectivity index (χ1n) is 4.44. The molecular weight excluding hydrogens is 198 g/mol. The Morgan fingerprint density at radius 3 is 3.20 bits per heavy atom. The monoisotopic (exact) mass is 207 g/mol. The van der Waals surface area contributed by atoms with Crippen LogP contribution >= 0.6 is 0 Å². The van der Waals surface area contributed by atoms with Gasteiger partial charge in [-0.1, -0.05) is 0 Å². The van der Waals surface area contributed by atoms with Crippen molar-refractivity contribution in [2.45, 2.75) is 6.92 Å². The molecule has 0 saturated carbocycles. The van der Waals surface area contributed by atoms with Crippen LogP contribution in [-0.2, 0) is 4.74 Å². The molecule has 0 bridgehead atoms. The second-order valence-electron chi connectivity index (χ2n) is 2.69. The van der Waals surface area contributed by atoms with Crippen LogP contribution in [0, 0.1) is 0 Å². The van der Waals surface area contributed by atoms with E-state index in [4.69, 9.17) is 9.15 Å². The number of rotatable bonds is 3. The van der Waals surface area contributed by atoms with E-state index in [0.29, 0.717) is 6.61 Å². The number of aromatic nitrogens is 3.